The summed E-state index contributed by atoms with van der Waals surface area (Å²) in [6, 6.07) is 12.7. The predicted octanol–water partition coefficient (Wildman–Crippen LogP) is 6.37. The second-order valence-corrected chi connectivity index (χ2v) is 10.5. The van der Waals surface area contributed by atoms with Crippen LogP contribution in [0, 0.1) is 5.92 Å². The number of nitrogens with zero attached hydrogens (tertiary/aromatic N) is 2. The lowest BCUT2D eigenvalue weighted by Gasteiger charge is -2.19. The van der Waals surface area contributed by atoms with Crippen molar-refractivity contribution in [2.45, 2.75) is 59.0 Å². The van der Waals surface area contributed by atoms with Gasteiger partial charge in [-0.15, -0.1) is 0 Å². The van der Waals surface area contributed by atoms with E-state index in [1.807, 2.05) is 38.2 Å². The Morgan fingerprint density at radius 3 is 2.57 bits per heavy atom. The van der Waals surface area contributed by atoms with E-state index in [-0.39, 0.29) is 24.2 Å². The molecule has 2 aromatic carbocycles. The Balaban J connectivity index is 1.54. The normalized spacial score (nSPS) is 12.4. The lowest BCUT2D eigenvalue weighted by molar-refractivity contribution is -0.129. The van der Waals surface area contributed by atoms with Gasteiger partial charge in [0, 0.05) is 40.1 Å². The van der Waals surface area contributed by atoms with Crippen LogP contribution in [0.3, 0.4) is 0 Å². The van der Waals surface area contributed by atoms with Gasteiger partial charge in [-0.25, -0.2) is 5.43 Å². The van der Waals surface area contributed by atoms with Gasteiger partial charge in [-0.2, -0.15) is 5.10 Å². The molecule has 7 nitrogen and oxygen atoms in total. The highest BCUT2D eigenvalue weighted by Crippen LogP contribution is 2.27. The molecule has 0 bridgehead atoms. The summed E-state index contributed by atoms with van der Waals surface area (Å²) in [6.45, 7) is 8.55. The number of hydrazone groups is 1. The number of halogens is 2. The number of ether oxygens (including phenoxy) is 1. The van der Waals surface area contributed by atoms with Crippen molar-refractivity contribution in [3.8, 4) is 5.75 Å². The molecule has 0 radical (unpaired) electrons. The topological polar surface area (TPSA) is 84.7 Å². The fourth-order valence-corrected chi connectivity index (χ4v) is 4.44. The van der Waals surface area contributed by atoms with Crippen molar-refractivity contribution in [1.82, 2.24) is 15.3 Å². The molecule has 0 aliphatic carbocycles. The molecule has 0 saturated heterocycles. The standard InChI is InChI=1S/C28H34Cl2N4O3/c1-18(2)14-24(32-27(35)10-7-13-37-26-12-11-21(29)15-23(26)30)28(36)33-31-16-20-17-34(19(3)4)25-9-6-5-8-22(20)25/h5-6,8-9,11-12,15-19,24H,7,10,13-14H2,1-4H3,(H,32,35)(H,33,36)/b31-16-/t24-/m1/s1. The minimum absolute atomic E-state index is 0.208. The highest BCUT2D eigenvalue weighted by molar-refractivity contribution is 6.35. The maximum atomic E-state index is 12.9. The van der Waals surface area contributed by atoms with Crippen molar-refractivity contribution < 1.29 is 14.3 Å². The number of fused-ring (bicyclic) bond motifs is 1. The molecule has 0 fully saturated rings. The molecule has 2 N–H and O–H groups in total. The van der Waals surface area contributed by atoms with E-state index in [0.29, 0.717) is 41.3 Å². The molecule has 0 spiro atoms. The Kier molecular flexibility index (Phi) is 10.4. The minimum Gasteiger partial charge on any atom is -0.492 e. The molecule has 3 aromatic rings. The van der Waals surface area contributed by atoms with E-state index in [2.05, 4.69) is 40.3 Å². The predicted molar refractivity (Wildman–Crippen MR) is 151 cm³/mol. The molecule has 9 heteroatoms. The van der Waals surface area contributed by atoms with Crippen LogP contribution in [0.15, 0.2) is 53.8 Å². The number of carbonyl (C=O) groups is 2. The zero-order valence-electron chi connectivity index (χ0n) is 21.6. The quantitative estimate of drug-likeness (QED) is 0.158. The van der Waals surface area contributed by atoms with Gasteiger partial charge < -0.3 is 14.6 Å². The Labute approximate surface area is 228 Å². The number of rotatable bonds is 12. The molecule has 0 unspecified atom stereocenters. The largest absolute Gasteiger partial charge is 0.492 e. The van der Waals surface area contributed by atoms with Gasteiger partial charge in [0.2, 0.25) is 5.91 Å². The van der Waals surface area contributed by atoms with E-state index in [9.17, 15) is 9.59 Å². The van der Waals surface area contributed by atoms with Gasteiger partial charge in [-0.05, 0) is 56.9 Å². The Morgan fingerprint density at radius 2 is 1.86 bits per heavy atom. The lowest BCUT2D eigenvalue weighted by atomic mass is 10.0. The van der Waals surface area contributed by atoms with Crippen LogP contribution in [0.2, 0.25) is 10.0 Å². The molecule has 198 valence electrons. The van der Waals surface area contributed by atoms with Crippen molar-refractivity contribution in [1.29, 1.82) is 0 Å². The lowest BCUT2D eigenvalue weighted by Crippen LogP contribution is -2.46. The van der Waals surface area contributed by atoms with Crippen molar-refractivity contribution in [3.05, 3.63) is 64.3 Å². The van der Waals surface area contributed by atoms with Crippen molar-refractivity contribution in [2.24, 2.45) is 11.0 Å². The molecule has 2 amide bonds. The third kappa shape index (κ3) is 8.23. The molecule has 3 rings (SSSR count). The highest BCUT2D eigenvalue weighted by atomic mass is 35.5. The number of benzene rings is 2. The summed E-state index contributed by atoms with van der Waals surface area (Å²) in [5.41, 5.74) is 4.62. The van der Waals surface area contributed by atoms with Crippen molar-refractivity contribution in [2.75, 3.05) is 6.61 Å². The maximum absolute atomic E-state index is 12.9. The first kappa shape index (κ1) is 28.5. The number of carbonyl (C=O) groups excluding carboxylic acids is 2. The van der Waals surface area contributed by atoms with E-state index in [4.69, 9.17) is 27.9 Å². The first-order valence-corrected chi connectivity index (χ1v) is 13.2. The highest BCUT2D eigenvalue weighted by Gasteiger charge is 2.21. The van der Waals surface area contributed by atoms with Gasteiger partial charge in [-0.3, -0.25) is 9.59 Å². The first-order chi connectivity index (χ1) is 17.7. The zero-order chi connectivity index (χ0) is 26.9. The van der Waals surface area contributed by atoms with Crippen LogP contribution in [0.4, 0.5) is 0 Å². The summed E-state index contributed by atoms with van der Waals surface area (Å²) >= 11 is 12.0. The summed E-state index contributed by atoms with van der Waals surface area (Å²) in [6.07, 6.45) is 4.85. The molecule has 1 aromatic heterocycles. The SMILES string of the molecule is CC(C)C[C@@H](NC(=O)CCCOc1ccc(Cl)cc1Cl)C(=O)N/N=C\c1cn(C(C)C)c2ccccc12. The van der Waals surface area contributed by atoms with Crippen LogP contribution in [0.25, 0.3) is 10.9 Å². The third-order valence-corrected chi connectivity index (χ3v) is 6.30. The smallest absolute Gasteiger partial charge is 0.262 e. The Hall–Kier alpha value is -3.03. The molecule has 0 aliphatic rings. The van der Waals surface area contributed by atoms with Crippen LogP contribution in [0.5, 0.6) is 5.75 Å². The van der Waals surface area contributed by atoms with E-state index in [1.54, 1.807) is 24.4 Å². The average molecular weight is 546 g/mol. The van der Waals surface area contributed by atoms with Crippen LogP contribution in [-0.2, 0) is 9.59 Å². The van der Waals surface area contributed by atoms with Gasteiger partial charge in [0.1, 0.15) is 11.8 Å². The molecule has 37 heavy (non-hydrogen) atoms. The van der Waals surface area contributed by atoms with Gasteiger partial charge in [-0.1, -0.05) is 55.2 Å². The van der Waals surface area contributed by atoms with Crippen LogP contribution in [0.1, 0.15) is 58.6 Å². The summed E-state index contributed by atoms with van der Waals surface area (Å²) in [4.78, 5) is 25.4. The third-order valence-electron chi connectivity index (χ3n) is 5.76. The summed E-state index contributed by atoms with van der Waals surface area (Å²) < 4.78 is 7.80. The molecule has 0 aliphatic heterocycles. The van der Waals surface area contributed by atoms with E-state index < -0.39 is 6.04 Å². The Bertz CT molecular complexity index is 1250. The fourth-order valence-electron chi connectivity index (χ4n) is 3.98. The monoisotopic (exact) mass is 544 g/mol. The molecular weight excluding hydrogens is 511 g/mol. The van der Waals surface area contributed by atoms with Crippen LogP contribution >= 0.6 is 23.2 Å². The second-order valence-electron chi connectivity index (χ2n) is 9.61. The summed E-state index contributed by atoms with van der Waals surface area (Å²) in [5.74, 6) is 0.142. The molecule has 1 atom stereocenters. The Morgan fingerprint density at radius 1 is 1.11 bits per heavy atom. The van der Waals surface area contributed by atoms with E-state index >= 15 is 0 Å². The minimum atomic E-state index is -0.687. The van der Waals surface area contributed by atoms with Crippen molar-refractivity contribution in [3.63, 3.8) is 0 Å². The number of hydrogen-bond acceptors (Lipinski definition) is 4. The van der Waals surface area contributed by atoms with Gasteiger partial charge >= 0.3 is 0 Å². The molecular formula is C28H34Cl2N4O3. The van der Waals surface area contributed by atoms with E-state index in [1.165, 1.54) is 0 Å². The number of nitrogens with one attached hydrogen (secondary N) is 2. The average Bonchev–Trinajstić information content (AvgIpc) is 3.21. The second kappa shape index (κ2) is 13.5. The van der Waals surface area contributed by atoms with Gasteiger partial charge in [0.25, 0.3) is 5.91 Å². The fraction of sp³-hybridized carbons (Fsp3) is 0.393. The van der Waals surface area contributed by atoms with Gasteiger partial charge in [0.15, 0.2) is 0 Å². The molecule has 1 heterocycles. The number of amides is 2. The molecule has 0 saturated carbocycles. The van der Waals surface area contributed by atoms with Crippen LogP contribution < -0.4 is 15.5 Å². The van der Waals surface area contributed by atoms with Crippen molar-refractivity contribution >= 4 is 52.1 Å². The zero-order valence-corrected chi connectivity index (χ0v) is 23.1. The first-order valence-electron chi connectivity index (χ1n) is 12.5. The van der Waals surface area contributed by atoms with E-state index in [0.717, 1.165) is 16.5 Å². The number of hydrogen-bond donors (Lipinski definition) is 2. The summed E-state index contributed by atoms with van der Waals surface area (Å²) in [5, 5.41) is 9.03. The summed E-state index contributed by atoms with van der Waals surface area (Å²) in [7, 11) is 0. The number of aromatic nitrogens is 1. The van der Waals surface area contributed by atoms with Gasteiger partial charge in [0.05, 0.1) is 17.8 Å². The number of para-hydroxylation sites is 1. The maximum Gasteiger partial charge on any atom is 0.262 e. The van der Waals surface area contributed by atoms with Crippen LogP contribution in [-0.4, -0.2) is 35.2 Å².